The highest BCUT2D eigenvalue weighted by Crippen LogP contribution is 2.21. The molecular formula is C14H17N3O2. The molecule has 2 aromatic rings. The van der Waals surface area contributed by atoms with Gasteiger partial charge < -0.3 is 20.4 Å². The van der Waals surface area contributed by atoms with E-state index in [-0.39, 0.29) is 11.9 Å². The number of methoxy groups -OCH3 is 1. The van der Waals surface area contributed by atoms with Crippen LogP contribution >= 0.6 is 0 Å². The predicted molar refractivity (Wildman–Crippen MR) is 73.6 cm³/mol. The van der Waals surface area contributed by atoms with Crippen LogP contribution in [0, 0.1) is 0 Å². The van der Waals surface area contributed by atoms with Crippen LogP contribution in [0.25, 0.3) is 10.9 Å². The number of nitrogens with one attached hydrogen (secondary N) is 3. The Morgan fingerprint density at radius 1 is 1.42 bits per heavy atom. The minimum atomic E-state index is -0.0520. The molecule has 2 heterocycles. The lowest BCUT2D eigenvalue weighted by atomic mass is 10.2. The molecule has 5 nitrogen and oxygen atoms in total. The third-order valence-electron chi connectivity index (χ3n) is 3.47. The largest absolute Gasteiger partial charge is 0.497 e. The van der Waals surface area contributed by atoms with E-state index in [1.807, 2.05) is 24.3 Å². The topological polar surface area (TPSA) is 66.2 Å². The monoisotopic (exact) mass is 259 g/mol. The molecule has 1 fully saturated rings. The molecule has 1 amide bonds. The molecule has 3 rings (SSSR count). The molecule has 1 aliphatic rings. The summed E-state index contributed by atoms with van der Waals surface area (Å²) in [6.07, 6.45) is 0.986. The third-order valence-corrected chi connectivity index (χ3v) is 3.47. The van der Waals surface area contributed by atoms with E-state index in [1.165, 1.54) is 0 Å². The van der Waals surface area contributed by atoms with Gasteiger partial charge in [-0.05, 0) is 37.2 Å². The zero-order valence-corrected chi connectivity index (χ0v) is 10.8. The van der Waals surface area contributed by atoms with Crippen LogP contribution in [0.2, 0.25) is 0 Å². The van der Waals surface area contributed by atoms with Crippen LogP contribution in [0.3, 0.4) is 0 Å². The maximum atomic E-state index is 12.1. The Balaban J connectivity index is 1.81. The molecule has 100 valence electrons. The Hall–Kier alpha value is -2.01. The molecule has 1 aromatic heterocycles. The standard InChI is InChI=1S/C14H17N3O2/c1-19-11-2-3-12-9(6-11)7-13(17-12)14(18)16-10-4-5-15-8-10/h2-3,6-7,10,15,17H,4-5,8H2,1H3,(H,16,18). The molecule has 19 heavy (non-hydrogen) atoms. The zero-order chi connectivity index (χ0) is 13.2. The molecule has 3 N–H and O–H groups in total. The first-order valence-electron chi connectivity index (χ1n) is 6.44. The summed E-state index contributed by atoms with van der Waals surface area (Å²) in [5.41, 5.74) is 1.53. The molecule has 0 bridgehead atoms. The van der Waals surface area contributed by atoms with Crippen molar-refractivity contribution in [1.82, 2.24) is 15.6 Å². The number of aromatic nitrogens is 1. The van der Waals surface area contributed by atoms with Crippen molar-refractivity contribution in [3.05, 3.63) is 30.0 Å². The van der Waals surface area contributed by atoms with Gasteiger partial charge in [-0.2, -0.15) is 0 Å². The van der Waals surface area contributed by atoms with E-state index in [4.69, 9.17) is 4.74 Å². The van der Waals surface area contributed by atoms with Gasteiger partial charge in [-0.15, -0.1) is 0 Å². The van der Waals surface area contributed by atoms with Gasteiger partial charge in [-0.1, -0.05) is 0 Å². The van der Waals surface area contributed by atoms with Gasteiger partial charge >= 0.3 is 0 Å². The summed E-state index contributed by atoms with van der Waals surface area (Å²) >= 11 is 0. The number of aromatic amines is 1. The Morgan fingerprint density at radius 3 is 3.05 bits per heavy atom. The Morgan fingerprint density at radius 2 is 2.32 bits per heavy atom. The normalized spacial score (nSPS) is 18.7. The van der Waals surface area contributed by atoms with E-state index in [9.17, 15) is 4.79 Å². The lowest BCUT2D eigenvalue weighted by Crippen LogP contribution is -2.36. The minimum absolute atomic E-state index is 0.0520. The van der Waals surface area contributed by atoms with E-state index >= 15 is 0 Å². The molecule has 1 saturated heterocycles. The summed E-state index contributed by atoms with van der Waals surface area (Å²) < 4.78 is 5.18. The Labute approximate surface area is 111 Å². The fourth-order valence-electron chi connectivity index (χ4n) is 2.40. The van der Waals surface area contributed by atoms with Crippen molar-refractivity contribution in [2.45, 2.75) is 12.5 Å². The summed E-state index contributed by atoms with van der Waals surface area (Å²) in [4.78, 5) is 15.3. The van der Waals surface area contributed by atoms with Gasteiger partial charge in [0, 0.05) is 23.5 Å². The van der Waals surface area contributed by atoms with Crippen molar-refractivity contribution >= 4 is 16.8 Å². The number of rotatable bonds is 3. The lowest BCUT2D eigenvalue weighted by Gasteiger charge is -2.09. The van der Waals surface area contributed by atoms with Crippen LogP contribution in [-0.4, -0.2) is 37.1 Å². The SMILES string of the molecule is COc1ccc2[nH]c(C(=O)NC3CCNC3)cc2c1. The maximum absolute atomic E-state index is 12.1. The number of hydrogen-bond donors (Lipinski definition) is 3. The number of ether oxygens (including phenoxy) is 1. The van der Waals surface area contributed by atoms with Gasteiger partial charge in [0.05, 0.1) is 7.11 Å². The average molecular weight is 259 g/mol. The summed E-state index contributed by atoms with van der Waals surface area (Å²) in [6, 6.07) is 7.80. The lowest BCUT2D eigenvalue weighted by molar-refractivity contribution is 0.0936. The molecule has 1 aliphatic heterocycles. The molecule has 0 saturated carbocycles. The van der Waals surface area contributed by atoms with Crippen molar-refractivity contribution in [3.8, 4) is 5.75 Å². The first kappa shape index (κ1) is 12.0. The molecule has 0 aliphatic carbocycles. The van der Waals surface area contributed by atoms with Crippen LogP contribution in [-0.2, 0) is 0 Å². The second-order valence-electron chi connectivity index (χ2n) is 4.80. The van der Waals surface area contributed by atoms with Gasteiger partial charge in [0.25, 0.3) is 5.91 Å². The second kappa shape index (κ2) is 4.93. The highest BCUT2D eigenvalue weighted by molar-refractivity contribution is 5.98. The molecule has 5 heteroatoms. The van der Waals surface area contributed by atoms with Crippen molar-refractivity contribution in [1.29, 1.82) is 0 Å². The molecule has 0 spiro atoms. The van der Waals surface area contributed by atoms with Crippen molar-refractivity contribution in [3.63, 3.8) is 0 Å². The van der Waals surface area contributed by atoms with Crippen LogP contribution < -0.4 is 15.4 Å². The van der Waals surface area contributed by atoms with E-state index in [2.05, 4.69) is 15.6 Å². The minimum Gasteiger partial charge on any atom is -0.497 e. The number of benzene rings is 1. The maximum Gasteiger partial charge on any atom is 0.267 e. The van der Waals surface area contributed by atoms with Crippen molar-refractivity contribution < 1.29 is 9.53 Å². The Bertz CT molecular complexity index is 600. The van der Waals surface area contributed by atoms with Gasteiger partial charge in [-0.25, -0.2) is 0 Å². The van der Waals surface area contributed by atoms with Crippen LogP contribution in [0.15, 0.2) is 24.3 Å². The average Bonchev–Trinajstić information content (AvgIpc) is 3.05. The van der Waals surface area contributed by atoms with Crippen LogP contribution in [0.1, 0.15) is 16.9 Å². The molecular weight excluding hydrogens is 242 g/mol. The number of amides is 1. The zero-order valence-electron chi connectivity index (χ0n) is 10.8. The van der Waals surface area contributed by atoms with E-state index in [0.29, 0.717) is 5.69 Å². The second-order valence-corrected chi connectivity index (χ2v) is 4.80. The van der Waals surface area contributed by atoms with Gasteiger partial charge in [-0.3, -0.25) is 4.79 Å². The highest BCUT2D eigenvalue weighted by atomic mass is 16.5. The van der Waals surface area contributed by atoms with Gasteiger partial charge in [0.15, 0.2) is 0 Å². The highest BCUT2D eigenvalue weighted by Gasteiger charge is 2.18. The molecule has 1 atom stereocenters. The Kier molecular flexibility index (Phi) is 3.13. The van der Waals surface area contributed by atoms with E-state index in [1.54, 1.807) is 7.11 Å². The fourth-order valence-corrected chi connectivity index (χ4v) is 2.40. The number of carbonyl (C=O) groups is 1. The van der Waals surface area contributed by atoms with Crippen LogP contribution in [0.4, 0.5) is 0 Å². The summed E-state index contributed by atoms with van der Waals surface area (Å²) in [6.45, 7) is 1.81. The summed E-state index contributed by atoms with van der Waals surface area (Å²) in [5, 5.41) is 7.23. The first-order chi connectivity index (χ1) is 9.26. The summed E-state index contributed by atoms with van der Waals surface area (Å²) in [7, 11) is 1.63. The summed E-state index contributed by atoms with van der Waals surface area (Å²) in [5.74, 6) is 0.738. The van der Waals surface area contributed by atoms with E-state index < -0.39 is 0 Å². The molecule has 1 aromatic carbocycles. The van der Waals surface area contributed by atoms with Gasteiger partial charge in [0.2, 0.25) is 0 Å². The smallest absolute Gasteiger partial charge is 0.267 e. The van der Waals surface area contributed by atoms with Crippen molar-refractivity contribution in [2.24, 2.45) is 0 Å². The number of H-pyrrole nitrogens is 1. The number of carbonyl (C=O) groups excluding carboxylic acids is 1. The fraction of sp³-hybridized carbons (Fsp3) is 0.357. The first-order valence-corrected chi connectivity index (χ1v) is 6.44. The predicted octanol–water partition coefficient (Wildman–Crippen LogP) is 1.27. The van der Waals surface area contributed by atoms with Crippen molar-refractivity contribution in [2.75, 3.05) is 20.2 Å². The third kappa shape index (κ3) is 2.42. The molecule has 0 radical (unpaired) electrons. The van der Waals surface area contributed by atoms with Crippen LogP contribution in [0.5, 0.6) is 5.75 Å². The quantitative estimate of drug-likeness (QED) is 0.777. The number of hydrogen-bond acceptors (Lipinski definition) is 3. The molecule has 1 unspecified atom stereocenters. The van der Waals surface area contributed by atoms with Gasteiger partial charge in [0.1, 0.15) is 11.4 Å². The van der Waals surface area contributed by atoms with E-state index in [0.717, 1.165) is 36.2 Å². The number of fused-ring (bicyclic) bond motifs is 1.